The van der Waals surface area contributed by atoms with Crippen molar-refractivity contribution in [2.45, 2.75) is 12.3 Å². The highest BCUT2D eigenvalue weighted by atomic mass is 19.4. The topological polar surface area (TPSA) is 64.9 Å². The fourth-order valence-electron chi connectivity index (χ4n) is 1.78. The van der Waals surface area contributed by atoms with Gasteiger partial charge in [0.05, 0.1) is 18.8 Å². The number of carbonyl (C=O) groups excluding carboxylic acids is 1. The summed E-state index contributed by atoms with van der Waals surface area (Å²) in [6.45, 7) is -0.753. The van der Waals surface area contributed by atoms with E-state index < -0.39 is 24.7 Å². The number of nitrogens with one attached hydrogen (secondary N) is 1. The fraction of sp³-hybridized carbons (Fsp3) is 0.286. The second kappa shape index (κ2) is 6.61. The summed E-state index contributed by atoms with van der Waals surface area (Å²) in [7, 11) is 0. The van der Waals surface area contributed by atoms with Crippen LogP contribution in [0.5, 0.6) is 0 Å². The fourth-order valence-corrected chi connectivity index (χ4v) is 1.78. The molecule has 0 aromatic heterocycles. The van der Waals surface area contributed by atoms with Crippen molar-refractivity contribution in [3.05, 3.63) is 42.0 Å². The third kappa shape index (κ3) is 4.08. The second-order valence-electron chi connectivity index (χ2n) is 4.62. The Morgan fingerprint density at radius 3 is 2.68 bits per heavy atom. The van der Waals surface area contributed by atoms with Gasteiger partial charge in [0.25, 0.3) is 0 Å². The zero-order chi connectivity index (χ0) is 16.2. The van der Waals surface area contributed by atoms with E-state index in [1.54, 1.807) is 17.1 Å². The zero-order valence-corrected chi connectivity index (χ0v) is 11.4. The number of amides is 1. The Kier molecular flexibility index (Phi) is 4.81. The van der Waals surface area contributed by atoms with Crippen LogP contribution in [0.15, 0.2) is 47.1 Å². The highest BCUT2D eigenvalue weighted by Crippen LogP contribution is 2.20. The Morgan fingerprint density at radius 2 is 2.05 bits per heavy atom. The number of allylic oxidation sites excluding steroid dienone is 1. The molecule has 0 fully saturated rings. The van der Waals surface area contributed by atoms with Gasteiger partial charge in [0.2, 0.25) is 5.91 Å². The molecule has 5 nitrogen and oxygen atoms in total. The maximum atomic E-state index is 12.2. The minimum Gasteiger partial charge on any atom is -0.382 e. The molecule has 2 rings (SSSR count). The van der Waals surface area contributed by atoms with Crippen molar-refractivity contribution in [2.24, 2.45) is 5.10 Å². The SMILES string of the molecule is O=C(NC[C@@H](O)C(F)(F)F)C1=CC=NN(c2ccccc2)C1. The molecule has 0 bridgehead atoms. The first-order valence-electron chi connectivity index (χ1n) is 6.46. The summed E-state index contributed by atoms with van der Waals surface area (Å²) in [6.07, 6.45) is -4.52. The number of benzene rings is 1. The number of para-hydroxylation sites is 1. The predicted molar refractivity (Wildman–Crippen MR) is 75.4 cm³/mol. The van der Waals surface area contributed by atoms with E-state index in [4.69, 9.17) is 5.11 Å². The number of hydrogen-bond donors (Lipinski definition) is 2. The lowest BCUT2D eigenvalue weighted by Crippen LogP contribution is -2.42. The van der Waals surface area contributed by atoms with E-state index in [1.165, 1.54) is 12.3 Å². The van der Waals surface area contributed by atoms with E-state index in [9.17, 15) is 18.0 Å². The normalized spacial score (nSPS) is 16.2. The minimum atomic E-state index is -4.76. The zero-order valence-electron chi connectivity index (χ0n) is 11.4. The van der Waals surface area contributed by atoms with Gasteiger partial charge >= 0.3 is 6.18 Å². The molecule has 0 radical (unpaired) electrons. The van der Waals surface area contributed by atoms with Gasteiger partial charge in [-0.05, 0) is 18.2 Å². The quantitative estimate of drug-likeness (QED) is 0.884. The summed E-state index contributed by atoms with van der Waals surface area (Å²) in [5.74, 6) is -0.671. The highest BCUT2D eigenvalue weighted by molar-refractivity contribution is 5.99. The summed E-state index contributed by atoms with van der Waals surface area (Å²) >= 11 is 0. The molecule has 0 spiro atoms. The summed E-state index contributed by atoms with van der Waals surface area (Å²) in [5.41, 5.74) is 1.01. The van der Waals surface area contributed by atoms with Crippen molar-refractivity contribution in [3.63, 3.8) is 0 Å². The second-order valence-corrected chi connectivity index (χ2v) is 4.62. The van der Waals surface area contributed by atoms with Crippen LogP contribution in [0.25, 0.3) is 0 Å². The van der Waals surface area contributed by atoms with Crippen LogP contribution in [0.4, 0.5) is 18.9 Å². The predicted octanol–water partition coefficient (Wildman–Crippen LogP) is 1.46. The Bertz CT molecular complexity index is 585. The van der Waals surface area contributed by atoms with E-state index >= 15 is 0 Å². The Balaban J connectivity index is 1.94. The van der Waals surface area contributed by atoms with E-state index in [-0.39, 0.29) is 12.1 Å². The average molecular weight is 313 g/mol. The van der Waals surface area contributed by atoms with Crippen molar-refractivity contribution in [1.82, 2.24) is 5.32 Å². The van der Waals surface area contributed by atoms with Crippen molar-refractivity contribution in [2.75, 3.05) is 18.1 Å². The molecule has 0 unspecified atom stereocenters. The number of nitrogens with zero attached hydrogens (tertiary/aromatic N) is 2. The minimum absolute atomic E-state index is 0.133. The van der Waals surface area contributed by atoms with Crippen molar-refractivity contribution < 1.29 is 23.1 Å². The molecule has 1 amide bonds. The number of anilines is 1. The molecule has 1 aromatic carbocycles. The lowest BCUT2D eigenvalue weighted by Gasteiger charge is -2.23. The Hall–Kier alpha value is -2.35. The van der Waals surface area contributed by atoms with Gasteiger partial charge in [0.1, 0.15) is 0 Å². The molecule has 1 aliphatic heterocycles. The lowest BCUT2D eigenvalue weighted by atomic mass is 10.2. The molecule has 22 heavy (non-hydrogen) atoms. The van der Waals surface area contributed by atoms with Gasteiger partial charge in [-0.2, -0.15) is 18.3 Å². The van der Waals surface area contributed by atoms with Crippen LogP contribution < -0.4 is 10.3 Å². The van der Waals surface area contributed by atoms with E-state index in [0.29, 0.717) is 0 Å². The van der Waals surface area contributed by atoms with Crippen LogP contribution in [0.1, 0.15) is 0 Å². The van der Waals surface area contributed by atoms with E-state index in [1.807, 2.05) is 18.2 Å². The lowest BCUT2D eigenvalue weighted by molar-refractivity contribution is -0.201. The van der Waals surface area contributed by atoms with Gasteiger partial charge in [0.15, 0.2) is 6.10 Å². The summed E-state index contributed by atoms with van der Waals surface area (Å²) < 4.78 is 36.5. The molecule has 118 valence electrons. The molecule has 1 atom stereocenters. The molecule has 0 saturated carbocycles. The number of alkyl halides is 3. The molecule has 8 heteroatoms. The van der Waals surface area contributed by atoms with Gasteiger partial charge in [-0.25, -0.2) is 0 Å². The molecule has 2 N–H and O–H groups in total. The van der Waals surface area contributed by atoms with Crippen molar-refractivity contribution >= 4 is 17.8 Å². The van der Waals surface area contributed by atoms with Gasteiger partial charge < -0.3 is 10.4 Å². The maximum Gasteiger partial charge on any atom is 0.416 e. The summed E-state index contributed by atoms with van der Waals surface area (Å²) in [4.78, 5) is 11.9. The third-order valence-corrected chi connectivity index (χ3v) is 2.98. The van der Waals surface area contributed by atoms with Crippen molar-refractivity contribution in [3.8, 4) is 0 Å². The maximum absolute atomic E-state index is 12.2. The molecular formula is C14H14F3N3O2. The first-order chi connectivity index (χ1) is 10.4. The first kappa shape index (κ1) is 16.0. The van der Waals surface area contributed by atoms with E-state index in [2.05, 4.69) is 10.4 Å². The third-order valence-electron chi connectivity index (χ3n) is 2.98. The van der Waals surface area contributed by atoms with Crippen molar-refractivity contribution in [1.29, 1.82) is 0 Å². The largest absolute Gasteiger partial charge is 0.416 e. The smallest absolute Gasteiger partial charge is 0.382 e. The molecule has 0 saturated heterocycles. The van der Waals surface area contributed by atoms with Crippen LogP contribution in [0.2, 0.25) is 0 Å². The Morgan fingerprint density at radius 1 is 1.36 bits per heavy atom. The summed E-state index contributed by atoms with van der Waals surface area (Å²) in [6, 6.07) is 9.04. The van der Waals surface area contributed by atoms with Gasteiger partial charge in [-0.1, -0.05) is 18.2 Å². The number of rotatable bonds is 4. The first-order valence-corrected chi connectivity index (χ1v) is 6.46. The molecule has 1 heterocycles. The highest BCUT2D eigenvalue weighted by Gasteiger charge is 2.38. The monoisotopic (exact) mass is 313 g/mol. The number of aliphatic hydroxyl groups excluding tert-OH is 1. The molecule has 1 aromatic rings. The number of hydrazone groups is 1. The van der Waals surface area contributed by atoms with Crippen LogP contribution in [-0.2, 0) is 4.79 Å². The van der Waals surface area contributed by atoms with Crippen LogP contribution in [0.3, 0.4) is 0 Å². The number of carbonyl (C=O) groups is 1. The van der Waals surface area contributed by atoms with Gasteiger partial charge in [-0.3, -0.25) is 9.80 Å². The number of aliphatic hydroxyl groups is 1. The van der Waals surface area contributed by atoms with Crippen LogP contribution >= 0.6 is 0 Å². The number of hydrogen-bond acceptors (Lipinski definition) is 4. The van der Waals surface area contributed by atoms with Crippen LogP contribution in [-0.4, -0.2) is 42.6 Å². The molecule has 1 aliphatic rings. The number of halogens is 3. The van der Waals surface area contributed by atoms with E-state index in [0.717, 1.165) is 5.69 Å². The standard InChI is InChI=1S/C14H14F3N3O2/c15-14(16,17)12(21)8-18-13(22)10-6-7-19-20(9-10)11-4-2-1-3-5-11/h1-7,12,21H,8-9H2,(H,18,22)/t12-/m1/s1. The molecule has 0 aliphatic carbocycles. The van der Waals surface area contributed by atoms with Crippen LogP contribution in [0, 0.1) is 0 Å². The Labute approximate surface area is 124 Å². The average Bonchev–Trinajstić information content (AvgIpc) is 2.52. The summed E-state index contributed by atoms with van der Waals surface area (Å²) in [5, 5.41) is 16.6. The molecular weight excluding hydrogens is 299 g/mol. The van der Waals surface area contributed by atoms with Gasteiger partial charge in [-0.15, -0.1) is 0 Å². The van der Waals surface area contributed by atoms with Gasteiger partial charge in [0, 0.05) is 11.8 Å².